The minimum Gasteiger partial charge on any atom is -0.292 e. The van der Waals surface area contributed by atoms with Crippen molar-refractivity contribution in [3.05, 3.63) is 29.0 Å². The van der Waals surface area contributed by atoms with Gasteiger partial charge in [-0.15, -0.1) is 0 Å². The van der Waals surface area contributed by atoms with E-state index in [1.54, 1.807) is 0 Å². The van der Waals surface area contributed by atoms with Gasteiger partial charge in [0, 0.05) is 0 Å². The molecule has 2 amide bonds. The Kier molecular flexibility index (Phi) is 3.95. The van der Waals surface area contributed by atoms with Crippen LogP contribution in [0.25, 0.3) is 0 Å². The molecule has 0 radical (unpaired) electrons. The van der Waals surface area contributed by atoms with Crippen molar-refractivity contribution < 1.29 is 14.0 Å². The Morgan fingerprint density at radius 3 is 2.52 bits per heavy atom. The molecular formula is C15H16ClFN2O2. The topological polar surface area (TPSA) is 40.6 Å². The van der Waals surface area contributed by atoms with Crippen molar-refractivity contribution in [2.75, 3.05) is 18.0 Å². The van der Waals surface area contributed by atoms with Crippen molar-refractivity contribution in [3.63, 3.8) is 0 Å². The van der Waals surface area contributed by atoms with Gasteiger partial charge in [-0.1, -0.05) is 18.0 Å². The summed E-state index contributed by atoms with van der Waals surface area (Å²) in [5.74, 6) is -1.17. The number of hydrogen-bond acceptors (Lipinski definition) is 3. The lowest BCUT2D eigenvalue weighted by atomic mass is 10.1. The van der Waals surface area contributed by atoms with Crippen LogP contribution in [0.5, 0.6) is 0 Å². The molecule has 1 atom stereocenters. The van der Waals surface area contributed by atoms with Crippen LogP contribution in [0.2, 0.25) is 5.02 Å². The molecule has 3 rings (SSSR count). The number of rotatable bonds is 2. The number of nitrogens with zero attached hydrogens (tertiary/aromatic N) is 2. The van der Waals surface area contributed by atoms with Gasteiger partial charge < -0.3 is 0 Å². The third-order valence-electron chi connectivity index (χ3n) is 4.12. The van der Waals surface area contributed by atoms with Crippen LogP contribution in [0.1, 0.15) is 25.7 Å². The van der Waals surface area contributed by atoms with Gasteiger partial charge in [0.1, 0.15) is 5.82 Å². The van der Waals surface area contributed by atoms with Crippen LogP contribution in [0, 0.1) is 5.82 Å². The fourth-order valence-electron chi connectivity index (χ4n) is 3.03. The van der Waals surface area contributed by atoms with Crippen LogP contribution >= 0.6 is 11.6 Å². The highest BCUT2D eigenvalue weighted by Gasteiger charge is 2.42. The van der Waals surface area contributed by atoms with Crippen LogP contribution in [0.3, 0.4) is 0 Å². The molecule has 21 heavy (non-hydrogen) atoms. The summed E-state index contributed by atoms with van der Waals surface area (Å²) >= 11 is 5.64. The zero-order valence-electron chi connectivity index (χ0n) is 11.5. The van der Waals surface area contributed by atoms with Crippen LogP contribution in [0.4, 0.5) is 10.1 Å². The number of piperidine rings is 1. The summed E-state index contributed by atoms with van der Waals surface area (Å²) in [4.78, 5) is 27.8. The number of imide groups is 1. The molecule has 2 saturated heterocycles. The molecule has 0 N–H and O–H groups in total. The zero-order chi connectivity index (χ0) is 15.0. The second kappa shape index (κ2) is 5.73. The third-order valence-corrected chi connectivity index (χ3v) is 4.42. The van der Waals surface area contributed by atoms with E-state index >= 15 is 0 Å². The predicted octanol–water partition coefficient (Wildman–Crippen LogP) is 2.60. The number of anilines is 1. The van der Waals surface area contributed by atoms with Gasteiger partial charge in [-0.2, -0.15) is 0 Å². The molecule has 0 bridgehead atoms. The normalized spacial score (nSPS) is 23.9. The summed E-state index contributed by atoms with van der Waals surface area (Å²) < 4.78 is 13.5. The first kappa shape index (κ1) is 14.5. The van der Waals surface area contributed by atoms with Crippen LogP contribution in [0.15, 0.2) is 18.2 Å². The Morgan fingerprint density at radius 1 is 1.14 bits per heavy atom. The monoisotopic (exact) mass is 310 g/mol. The maximum atomic E-state index is 13.5. The highest BCUT2D eigenvalue weighted by atomic mass is 35.5. The lowest BCUT2D eigenvalue weighted by Gasteiger charge is -2.30. The maximum absolute atomic E-state index is 13.5. The first-order valence-electron chi connectivity index (χ1n) is 7.14. The van der Waals surface area contributed by atoms with E-state index in [0.717, 1.165) is 43.3 Å². The van der Waals surface area contributed by atoms with Gasteiger partial charge in [0.15, 0.2) is 0 Å². The molecule has 2 heterocycles. The molecule has 112 valence electrons. The molecule has 0 saturated carbocycles. The van der Waals surface area contributed by atoms with Gasteiger partial charge in [0.2, 0.25) is 5.91 Å². The lowest BCUT2D eigenvalue weighted by molar-refractivity contribution is -0.123. The van der Waals surface area contributed by atoms with E-state index in [0.29, 0.717) is 0 Å². The summed E-state index contributed by atoms with van der Waals surface area (Å²) in [6, 6.07) is 3.59. The quantitative estimate of drug-likeness (QED) is 0.788. The van der Waals surface area contributed by atoms with E-state index in [-0.39, 0.29) is 28.9 Å². The Labute approximate surface area is 127 Å². The Bertz CT molecular complexity index is 587. The minimum absolute atomic E-state index is 0.0228. The number of carbonyl (C=O) groups is 2. The van der Waals surface area contributed by atoms with Gasteiger partial charge in [0.25, 0.3) is 5.91 Å². The van der Waals surface area contributed by atoms with Gasteiger partial charge in [-0.25, -0.2) is 9.29 Å². The molecule has 2 fully saturated rings. The predicted molar refractivity (Wildman–Crippen MR) is 77.7 cm³/mol. The summed E-state index contributed by atoms with van der Waals surface area (Å²) in [5, 5.41) is -0.0228. The number of likely N-dealkylation sites (tertiary alicyclic amines) is 1. The highest BCUT2D eigenvalue weighted by Crippen LogP contribution is 2.29. The Hall–Kier alpha value is -1.46. The van der Waals surface area contributed by atoms with Crippen molar-refractivity contribution in [3.8, 4) is 0 Å². The summed E-state index contributed by atoms with van der Waals surface area (Å²) in [6.45, 7) is 1.68. The van der Waals surface area contributed by atoms with E-state index < -0.39 is 11.9 Å². The SMILES string of the molecule is O=C1CC(N2CCCCC2)C(=O)N1c1ccc(Cl)c(F)c1. The summed E-state index contributed by atoms with van der Waals surface area (Å²) in [7, 11) is 0. The van der Waals surface area contributed by atoms with E-state index in [1.807, 2.05) is 0 Å². The highest BCUT2D eigenvalue weighted by molar-refractivity contribution is 6.31. The molecule has 2 aliphatic rings. The molecule has 0 aliphatic carbocycles. The molecule has 2 aliphatic heterocycles. The van der Waals surface area contributed by atoms with Crippen molar-refractivity contribution >= 4 is 29.1 Å². The van der Waals surface area contributed by atoms with E-state index in [4.69, 9.17) is 11.6 Å². The number of hydrogen-bond donors (Lipinski definition) is 0. The molecule has 1 aromatic carbocycles. The van der Waals surface area contributed by atoms with E-state index in [2.05, 4.69) is 4.90 Å². The average molecular weight is 311 g/mol. The molecular weight excluding hydrogens is 295 g/mol. The van der Waals surface area contributed by atoms with Crippen LogP contribution < -0.4 is 4.90 Å². The molecule has 4 nitrogen and oxygen atoms in total. The summed E-state index contributed by atoms with van der Waals surface area (Å²) in [5.41, 5.74) is 0.256. The smallest absolute Gasteiger partial charge is 0.251 e. The van der Waals surface area contributed by atoms with Gasteiger partial charge in [-0.05, 0) is 44.1 Å². The maximum Gasteiger partial charge on any atom is 0.251 e. The Balaban J connectivity index is 1.84. The lowest BCUT2D eigenvalue weighted by Crippen LogP contribution is -2.44. The molecule has 1 aromatic rings. The average Bonchev–Trinajstić information content (AvgIpc) is 2.78. The second-order valence-electron chi connectivity index (χ2n) is 5.48. The first-order chi connectivity index (χ1) is 10.1. The molecule has 0 spiro atoms. The zero-order valence-corrected chi connectivity index (χ0v) is 12.3. The van der Waals surface area contributed by atoms with E-state index in [1.165, 1.54) is 12.1 Å². The number of carbonyl (C=O) groups excluding carboxylic acids is 2. The van der Waals surface area contributed by atoms with E-state index in [9.17, 15) is 14.0 Å². The summed E-state index contributed by atoms with van der Waals surface area (Å²) in [6.07, 6.45) is 3.43. The number of benzene rings is 1. The fourth-order valence-corrected chi connectivity index (χ4v) is 3.14. The fraction of sp³-hybridized carbons (Fsp3) is 0.467. The molecule has 6 heteroatoms. The van der Waals surface area contributed by atoms with Crippen molar-refractivity contribution in [2.24, 2.45) is 0 Å². The number of halogens is 2. The van der Waals surface area contributed by atoms with Gasteiger partial charge in [0.05, 0.1) is 23.2 Å². The third kappa shape index (κ3) is 2.68. The molecule has 0 aromatic heterocycles. The standard InChI is InChI=1S/C15H16ClFN2O2/c16-11-5-4-10(8-12(11)17)19-14(20)9-13(15(19)21)18-6-2-1-3-7-18/h4-5,8,13H,1-3,6-7,9H2. The largest absolute Gasteiger partial charge is 0.292 e. The minimum atomic E-state index is -0.629. The van der Waals surface area contributed by atoms with Crippen molar-refractivity contribution in [1.82, 2.24) is 4.90 Å². The van der Waals surface area contributed by atoms with Crippen molar-refractivity contribution in [2.45, 2.75) is 31.7 Å². The van der Waals surface area contributed by atoms with Crippen LogP contribution in [-0.4, -0.2) is 35.8 Å². The first-order valence-corrected chi connectivity index (χ1v) is 7.51. The second-order valence-corrected chi connectivity index (χ2v) is 5.89. The van der Waals surface area contributed by atoms with Crippen LogP contribution in [-0.2, 0) is 9.59 Å². The molecule has 1 unspecified atom stereocenters. The Morgan fingerprint density at radius 2 is 1.86 bits per heavy atom. The number of amides is 2. The van der Waals surface area contributed by atoms with Crippen molar-refractivity contribution in [1.29, 1.82) is 0 Å². The van der Waals surface area contributed by atoms with Gasteiger partial charge >= 0.3 is 0 Å². The van der Waals surface area contributed by atoms with Gasteiger partial charge in [-0.3, -0.25) is 14.5 Å².